The van der Waals surface area contributed by atoms with Gasteiger partial charge < -0.3 is 10.6 Å². The van der Waals surface area contributed by atoms with Gasteiger partial charge in [0.1, 0.15) is 12.1 Å². The normalized spacial score (nSPS) is 14.8. The molecule has 2 heterocycles. The highest BCUT2D eigenvalue weighted by Gasteiger charge is 2.11. The molecule has 108 valence electrons. The summed E-state index contributed by atoms with van der Waals surface area (Å²) in [5, 5.41) is 18.1. The number of aromatic nitrogens is 2. The minimum Gasteiger partial charge on any atom is -0.366 e. The molecule has 0 unspecified atom stereocenters. The van der Waals surface area contributed by atoms with E-state index in [1.807, 2.05) is 0 Å². The lowest BCUT2D eigenvalue weighted by molar-refractivity contribution is -0.384. The van der Waals surface area contributed by atoms with Crippen LogP contribution in [0.25, 0.3) is 10.9 Å². The minimum atomic E-state index is -0.411. The van der Waals surface area contributed by atoms with Crippen molar-refractivity contribution in [2.45, 2.75) is 6.42 Å². The quantitative estimate of drug-likeness (QED) is 0.506. The van der Waals surface area contributed by atoms with Crippen LogP contribution in [-0.2, 0) is 0 Å². The van der Waals surface area contributed by atoms with Crippen LogP contribution < -0.4 is 10.6 Å². The van der Waals surface area contributed by atoms with E-state index in [4.69, 9.17) is 0 Å². The van der Waals surface area contributed by atoms with Crippen molar-refractivity contribution in [3.63, 3.8) is 0 Å². The molecule has 0 bridgehead atoms. The molecule has 7 nitrogen and oxygen atoms in total. The maximum atomic E-state index is 10.9. The Balaban J connectivity index is 1.88. The first-order chi connectivity index (χ1) is 10.2. The zero-order valence-corrected chi connectivity index (χ0v) is 11.4. The van der Waals surface area contributed by atoms with E-state index in [1.54, 1.807) is 6.07 Å². The number of nitrogens with one attached hydrogen (secondary N) is 2. The molecule has 2 N–H and O–H groups in total. The Hall–Kier alpha value is -2.54. The van der Waals surface area contributed by atoms with Crippen LogP contribution in [0.2, 0.25) is 0 Å². The number of hydrogen-bond donors (Lipinski definition) is 2. The van der Waals surface area contributed by atoms with Gasteiger partial charge in [-0.05, 0) is 19.0 Å². The Morgan fingerprint density at radius 3 is 3.05 bits per heavy atom. The van der Waals surface area contributed by atoms with E-state index < -0.39 is 4.92 Å². The van der Waals surface area contributed by atoms with Gasteiger partial charge in [0.05, 0.1) is 10.4 Å². The number of non-ortho nitro benzene ring substituents is 1. The lowest BCUT2D eigenvalue weighted by Crippen LogP contribution is -2.23. The number of benzene rings is 1. The number of anilines is 1. The van der Waals surface area contributed by atoms with Gasteiger partial charge in [-0.1, -0.05) is 11.6 Å². The molecule has 1 aliphatic rings. The molecule has 0 aliphatic carbocycles. The Morgan fingerprint density at radius 2 is 2.29 bits per heavy atom. The number of nitro benzene ring substituents is 1. The Kier molecular flexibility index (Phi) is 3.74. The van der Waals surface area contributed by atoms with Gasteiger partial charge >= 0.3 is 0 Å². The van der Waals surface area contributed by atoms with Crippen molar-refractivity contribution in [3.8, 4) is 0 Å². The predicted octanol–water partition coefficient (Wildman–Crippen LogP) is 1.87. The van der Waals surface area contributed by atoms with Crippen molar-refractivity contribution in [2.24, 2.45) is 0 Å². The van der Waals surface area contributed by atoms with Crippen molar-refractivity contribution in [3.05, 3.63) is 46.3 Å². The molecule has 0 spiro atoms. The fourth-order valence-electron chi connectivity index (χ4n) is 2.33. The van der Waals surface area contributed by atoms with Crippen molar-refractivity contribution in [1.82, 2.24) is 15.3 Å². The highest BCUT2D eigenvalue weighted by Crippen LogP contribution is 2.24. The molecular formula is C14H15N5O2. The first kappa shape index (κ1) is 13.4. The number of fused-ring (bicyclic) bond motifs is 1. The van der Waals surface area contributed by atoms with Crippen LogP contribution in [0, 0.1) is 10.1 Å². The standard InChI is InChI=1S/C14H15N5O2/c20-19(21)11-1-2-13-12(7-11)14(18-9-17-13)16-8-10-3-5-15-6-4-10/h1-3,7,9,15H,4-6,8H2,(H,16,17,18). The van der Waals surface area contributed by atoms with Crippen molar-refractivity contribution < 1.29 is 4.92 Å². The van der Waals surface area contributed by atoms with Crippen LogP contribution in [0.1, 0.15) is 6.42 Å². The summed E-state index contributed by atoms with van der Waals surface area (Å²) >= 11 is 0. The zero-order chi connectivity index (χ0) is 14.7. The SMILES string of the molecule is O=[N+]([O-])c1ccc2ncnc(NCC3=CCNCC3)c2c1. The molecule has 0 atom stereocenters. The molecule has 3 rings (SSSR count). The number of hydrogen-bond acceptors (Lipinski definition) is 6. The lowest BCUT2D eigenvalue weighted by atomic mass is 10.1. The smallest absolute Gasteiger partial charge is 0.270 e. The Morgan fingerprint density at radius 1 is 1.38 bits per heavy atom. The summed E-state index contributed by atoms with van der Waals surface area (Å²) in [7, 11) is 0. The van der Waals surface area contributed by atoms with Crippen LogP contribution in [-0.4, -0.2) is 34.5 Å². The third kappa shape index (κ3) is 2.97. The van der Waals surface area contributed by atoms with E-state index in [1.165, 1.54) is 24.0 Å². The Labute approximate surface area is 121 Å². The summed E-state index contributed by atoms with van der Waals surface area (Å²) in [6.07, 6.45) is 4.62. The first-order valence-corrected chi connectivity index (χ1v) is 6.76. The first-order valence-electron chi connectivity index (χ1n) is 6.76. The molecule has 1 aliphatic heterocycles. The van der Waals surface area contributed by atoms with E-state index in [0.29, 0.717) is 23.3 Å². The summed E-state index contributed by atoms with van der Waals surface area (Å²) in [5.41, 5.74) is 2.05. The highest BCUT2D eigenvalue weighted by molar-refractivity contribution is 5.90. The molecule has 1 aromatic heterocycles. The van der Waals surface area contributed by atoms with E-state index in [9.17, 15) is 10.1 Å². The third-order valence-electron chi connectivity index (χ3n) is 3.47. The second kappa shape index (κ2) is 5.84. The average Bonchev–Trinajstić information content (AvgIpc) is 2.53. The van der Waals surface area contributed by atoms with Gasteiger partial charge in [0.15, 0.2) is 0 Å². The number of nitrogens with zero attached hydrogens (tertiary/aromatic N) is 3. The van der Waals surface area contributed by atoms with Crippen LogP contribution in [0.3, 0.4) is 0 Å². The predicted molar refractivity (Wildman–Crippen MR) is 80.3 cm³/mol. The number of rotatable bonds is 4. The highest BCUT2D eigenvalue weighted by atomic mass is 16.6. The van der Waals surface area contributed by atoms with Gasteiger partial charge in [0.25, 0.3) is 5.69 Å². The summed E-state index contributed by atoms with van der Waals surface area (Å²) in [6, 6.07) is 4.60. The summed E-state index contributed by atoms with van der Waals surface area (Å²) < 4.78 is 0. The lowest BCUT2D eigenvalue weighted by Gasteiger charge is -2.15. The van der Waals surface area contributed by atoms with Gasteiger partial charge in [-0.2, -0.15) is 0 Å². The molecule has 0 saturated heterocycles. The molecule has 7 heteroatoms. The van der Waals surface area contributed by atoms with Crippen LogP contribution in [0.15, 0.2) is 36.2 Å². The van der Waals surface area contributed by atoms with Crippen molar-refractivity contribution >= 4 is 22.4 Å². The second-order valence-electron chi connectivity index (χ2n) is 4.85. The topological polar surface area (TPSA) is 93.0 Å². The largest absolute Gasteiger partial charge is 0.366 e. The van der Waals surface area contributed by atoms with Crippen molar-refractivity contribution in [1.29, 1.82) is 0 Å². The van der Waals surface area contributed by atoms with Crippen LogP contribution in [0.5, 0.6) is 0 Å². The third-order valence-corrected chi connectivity index (χ3v) is 3.47. The summed E-state index contributed by atoms with van der Waals surface area (Å²) in [4.78, 5) is 18.8. The van der Waals surface area contributed by atoms with Gasteiger partial charge in [0.2, 0.25) is 0 Å². The second-order valence-corrected chi connectivity index (χ2v) is 4.85. The van der Waals surface area contributed by atoms with E-state index in [2.05, 4.69) is 26.7 Å². The monoisotopic (exact) mass is 285 g/mol. The van der Waals surface area contributed by atoms with E-state index in [-0.39, 0.29) is 5.69 Å². The van der Waals surface area contributed by atoms with Gasteiger partial charge in [-0.25, -0.2) is 9.97 Å². The van der Waals surface area contributed by atoms with Crippen LogP contribution in [0.4, 0.5) is 11.5 Å². The van der Waals surface area contributed by atoms with Crippen LogP contribution >= 0.6 is 0 Å². The van der Waals surface area contributed by atoms with E-state index in [0.717, 1.165) is 19.5 Å². The van der Waals surface area contributed by atoms with Gasteiger partial charge in [0, 0.05) is 30.6 Å². The molecule has 0 fully saturated rings. The average molecular weight is 285 g/mol. The molecule has 0 amide bonds. The molecule has 2 aromatic rings. The molecular weight excluding hydrogens is 270 g/mol. The van der Waals surface area contributed by atoms with Gasteiger partial charge in [-0.15, -0.1) is 0 Å². The summed E-state index contributed by atoms with van der Waals surface area (Å²) in [6.45, 7) is 2.55. The minimum absolute atomic E-state index is 0.0430. The molecule has 1 aromatic carbocycles. The van der Waals surface area contributed by atoms with Crippen molar-refractivity contribution in [2.75, 3.05) is 25.0 Å². The number of nitro groups is 1. The Bertz CT molecular complexity index is 714. The maximum absolute atomic E-state index is 10.9. The molecule has 21 heavy (non-hydrogen) atoms. The fourth-order valence-corrected chi connectivity index (χ4v) is 2.33. The molecule has 0 saturated carbocycles. The summed E-state index contributed by atoms with van der Waals surface area (Å²) in [5.74, 6) is 0.628. The fraction of sp³-hybridized carbons (Fsp3) is 0.286. The zero-order valence-electron chi connectivity index (χ0n) is 11.4. The van der Waals surface area contributed by atoms with E-state index >= 15 is 0 Å². The van der Waals surface area contributed by atoms with Gasteiger partial charge in [-0.3, -0.25) is 10.1 Å². The maximum Gasteiger partial charge on any atom is 0.270 e. The molecule has 0 radical (unpaired) electrons.